The van der Waals surface area contributed by atoms with Gasteiger partial charge in [-0.1, -0.05) is 0 Å². The molecule has 7 nitrogen and oxygen atoms in total. The third-order valence-corrected chi connectivity index (χ3v) is 7.17. The van der Waals surface area contributed by atoms with E-state index in [4.69, 9.17) is 9.72 Å². The molecule has 4 rings (SSSR count). The lowest BCUT2D eigenvalue weighted by atomic mass is 9.90. The first-order chi connectivity index (χ1) is 14.4. The average molecular weight is 429 g/mol. The van der Waals surface area contributed by atoms with Gasteiger partial charge >= 0.3 is 0 Å². The van der Waals surface area contributed by atoms with Gasteiger partial charge in [0.05, 0.1) is 12.8 Å². The van der Waals surface area contributed by atoms with Crippen LogP contribution in [0.15, 0.2) is 18.2 Å². The van der Waals surface area contributed by atoms with E-state index in [1.165, 1.54) is 4.88 Å². The monoisotopic (exact) mass is 428 g/mol. The average Bonchev–Trinajstić information content (AvgIpc) is 3.18. The van der Waals surface area contributed by atoms with E-state index in [1.54, 1.807) is 25.4 Å². The van der Waals surface area contributed by atoms with Crippen LogP contribution < -0.4 is 15.0 Å². The Morgan fingerprint density at radius 1 is 1.23 bits per heavy atom. The van der Waals surface area contributed by atoms with Crippen molar-refractivity contribution in [2.45, 2.75) is 33.1 Å². The van der Waals surface area contributed by atoms with Gasteiger partial charge in [-0.3, -0.25) is 9.59 Å². The van der Waals surface area contributed by atoms with Gasteiger partial charge in [0.1, 0.15) is 5.75 Å². The highest BCUT2D eigenvalue weighted by molar-refractivity contribution is 7.15. The maximum atomic E-state index is 12.9. The number of piperazine rings is 1. The maximum absolute atomic E-state index is 12.9. The number of methoxy groups -OCH3 is 1. The molecule has 0 radical (unpaired) electrons. The molecular weight excluding hydrogens is 400 g/mol. The second-order valence-corrected chi connectivity index (χ2v) is 9.03. The second-order valence-electron chi connectivity index (χ2n) is 7.97. The Balaban J connectivity index is 1.39. The number of carbonyl (C=O) groups excluding carboxylic acids is 2. The summed E-state index contributed by atoms with van der Waals surface area (Å²) in [5.41, 5.74) is 2.96. The number of fused-ring (bicyclic) bond motifs is 1. The predicted octanol–water partition coefficient (Wildman–Crippen LogP) is 2.87. The number of benzene rings is 1. The normalized spacial score (nSPS) is 18.7. The zero-order valence-electron chi connectivity index (χ0n) is 17.7. The van der Waals surface area contributed by atoms with Crippen LogP contribution in [0.25, 0.3) is 0 Å². The fraction of sp³-hybridized carbons (Fsp3) is 0.500. The summed E-state index contributed by atoms with van der Waals surface area (Å²) in [5, 5.41) is 4.11. The van der Waals surface area contributed by atoms with Gasteiger partial charge < -0.3 is 19.9 Å². The molecule has 0 spiro atoms. The number of aromatic nitrogens is 1. The lowest BCUT2D eigenvalue weighted by molar-refractivity contribution is -0.129. The molecule has 1 aliphatic carbocycles. The zero-order chi connectivity index (χ0) is 21.3. The molecule has 30 heavy (non-hydrogen) atoms. The minimum Gasteiger partial charge on any atom is -0.497 e. The van der Waals surface area contributed by atoms with Crippen molar-refractivity contribution in [3.8, 4) is 5.75 Å². The van der Waals surface area contributed by atoms with E-state index in [1.807, 2.05) is 30.0 Å². The van der Waals surface area contributed by atoms with Gasteiger partial charge in [0.25, 0.3) is 0 Å². The summed E-state index contributed by atoms with van der Waals surface area (Å²) in [6.45, 7) is 6.70. The summed E-state index contributed by atoms with van der Waals surface area (Å²) >= 11 is 1.70. The number of nitrogens with one attached hydrogen (secondary N) is 1. The van der Waals surface area contributed by atoms with Crippen LogP contribution >= 0.6 is 11.3 Å². The Morgan fingerprint density at radius 2 is 2.00 bits per heavy atom. The molecular formula is C22H28N4O3S. The first kappa shape index (κ1) is 20.7. The van der Waals surface area contributed by atoms with Crippen molar-refractivity contribution in [3.05, 3.63) is 34.3 Å². The van der Waals surface area contributed by atoms with Crippen LogP contribution in [0.1, 0.15) is 29.5 Å². The quantitative estimate of drug-likeness (QED) is 0.811. The molecule has 2 amide bonds. The van der Waals surface area contributed by atoms with Gasteiger partial charge in [0.2, 0.25) is 11.8 Å². The van der Waals surface area contributed by atoms with E-state index < -0.39 is 0 Å². The summed E-state index contributed by atoms with van der Waals surface area (Å²) in [5.74, 6) is 0.948. The number of rotatable bonds is 4. The van der Waals surface area contributed by atoms with E-state index in [9.17, 15) is 9.59 Å². The molecule has 1 aromatic heterocycles. The van der Waals surface area contributed by atoms with E-state index in [0.717, 1.165) is 73.3 Å². The van der Waals surface area contributed by atoms with Crippen LogP contribution in [0.2, 0.25) is 0 Å². The third-order valence-electron chi connectivity index (χ3n) is 5.99. The van der Waals surface area contributed by atoms with Crippen molar-refractivity contribution >= 4 is 34.0 Å². The van der Waals surface area contributed by atoms with Gasteiger partial charge in [-0.25, -0.2) is 4.98 Å². The minimum atomic E-state index is -0.0399. The van der Waals surface area contributed by atoms with Crippen molar-refractivity contribution in [1.82, 2.24) is 9.88 Å². The van der Waals surface area contributed by atoms with Crippen LogP contribution in [0.5, 0.6) is 5.75 Å². The standard InChI is InChI=1S/C22H28N4O3S/c1-14-12-17(29-3)5-7-18(14)23-21(28)16-4-6-19-20(13-16)30-22(24-19)26-10-8-25(9-11-26)15(2)27/h5,7,12,16H,4,6,8-11,13H2,1-3H3,(H,23,28). The molecule has 1 unspecified atom stereocenters. The Morgan fingerprint density at radius 3 is 2.67 bits per heavy atom. The Hall–Kier alpha value is -2.61. The van der Waals surface area contributed by atoms with E-state index in [-0.39, 0.29) is 17.7 Å². The van der Waals surface area contributed by atoms with Crippen LogP contribution in [0, 0.1) is 12.8 Å². The van der Waals surface area contributed by atoms with Gasteiger partial charge in [-0.05, 0) is 49.9 Å². The highest BCUT2D eigenvalue weighted by Crippen LogP contribution is 2.35. The Bertz CT molecular complexity index is 950. The van der Waals surface area contributed by atoms with Gasteiger partial charge in [0.15, 0.2) is 5.13 Å². The Kier molecular flexibility index (Phi) is 5.94. The topological polar surface area (TPSA) is 74.8 Å². The molecule has 1 aliphatic heterocycles. The smallest absolute Gasteiger partial charge is 0.227 e. The van der Waals surface area contributed by atoms with E-state index in [0.29, 0.717) is 0 Å². The highest BCUT2D eigenvalue weighted by Gasteiger charge is 2.29. The number of amides is 2. The molecule has 8 heteroatoms. The second kappa shape index (κ2) is 8.63. The SMILES string of the molecule is COc1ccc(NC(=O)C2CCc3nc(N4CCN(C(C)=O)CC4)sc3C2)c(C)c1. The van der Waals surface area contributed by atoms with Crippen LogP contribution in [-0.2, 0) is 22.4 Å². The van der Waals surface area contributed by atoms with E-state index in [2.05, 4.69) is 10.2 Å². The van der Waals surface area contributed by atoms with E-state index >= 15 is 0 Å². The fourth-order valence-electron chi connectivity index (χ4n) is 4.07. The highest BCUT2D eigenvalue weighted by atomic mass is 32.1. The lowest BCUT2D eigenvalue weighted by Gasteiger charge is -2.33. The van der Waals surface area contributed by atoms with Crippen molar-refractivity contribution in [2.75, 3.05) is 43.5 Å². The molecule has 1 fully saturated rings. The number of thiazole rings is 1. The fourth-order valence-corrected chi connectivity index (χ4v) is 5.31. The van der Waals surface area contributed by atoms with Gasteiger partial charge in [-0.2, -0.15) is 0 Å². The molecule has 160 valence electrons. The molecule has 0 saturated carbocycles. The lowest BCUT2D eigenvalue weighted by Crippen LogP contribution is -2.48. The number of ether oxygens (including phenoxy) is 1. The summed E-state index contributed by atoms with van der Waals surface area (Å²) in [6.07, 6.45) is 2.38. The molecule has 1 N–H and O–H groups in total. The zero-order valence-corrected chi connectivity index (χ0v) is 18.6. The summed E-state index contributed by atoms with van der Waals surface area (Å²) in [6, 6.07) is 5.69. The Labute approximate surface area is 181 Å². The van der Waals surface area contributed by atoms with Crippen molar-refractivity contribution in [1.29, 1.82) is 0 Å². The number of nitrogens with zero attached hydrogens (tertiary/aromatic N) is 3. The molecule has 1 aromatic carbocycles. The summed E-state index contributed by atoms with van der Waals surface area (Å²) in [7, 11) is 1.64. The summed E-state index contributed by atoms with van der Waals surface area (Å²) in [4.78, 5) is 34.6. The van der Waals surface area contributed by atoms with Crippen molar-refractivity contribution < 1.29 is 14.3 Å². The molecule has 1 saturated heterocycles. The molecule has 2 heterocycles. The number of carbonyl (C=O) groups is 2. The first-order valence-corrected chi connectivity index (χ1v) is 11.2. The van der Waals surface area contributed by atoms with Crippen LogP contribution in [0.3, 0.4) is 0 Å². The van der Waals surface area contributed by atoms with Gasteiger partial charge in [0, 0.05) is 49.6 Å². The number of hydrogen-bond donors (Lipinski definition) is 1. The first-order valence-electron chi connectivity index (χ1n) is 10.4. The molecule has 2 aliphatic rings. The van der Waals surface area contributed by atoms with Crippen LogP contribution in [0.4, 0.5) is 10.8 Å². The molecule has 1 atom stereocenters. The maximum Gasteiger partial charge on any atom is 0.227 e. The van der Waals surface area contributed by atoms with Gasteiger partial charge in [-0.15, -0.1) is 11.3 Å². The number of hydrogen-bond acceptors (Lipinski definition) is 6. The third kappa shape index (κ3) is 4.28. The molecule has 0 bridgehead atoms. The molecule has 2 aromatic rings. The van der Waals surface area contributed by atoms with Crippen LogP contribution in [-0.4, -0.2) is 55.0 Å². The number of anilines is 2. The van der Waals surface area contributed by atoms with Crippen molar-refractivity contribution in [2.24, 2.45) is 5.92 Å². The summed E-state index contributed by atoms with van der Waals surface area (Å²) < 4.78 is 5.24. The minimum absolute atomic E-state index is 0.0399. The van der Waals surface area contributed by atoms with Crippen molar-refractivity contribution in [3.63, 3.8) is 0 Å². The predicted molar refractivity (Wildman–Crippen MR) is 118 cm³/mol. The largest absolute Gasteiger partial charge is 0.497 e. The number of aryl methyl sites for hydroxylation is 2.